The zero-order valence-corrected chi connectivity index (χ0v) is 9.26. The van der Waals surface area contributed by atoms with Crippen molar-refractivity contribution in [3.8, 4) is 0 Å². The SMILES string of the molecule is CNCCn1nnc(CCc2ccco2)n1. The monoisotopic (exact) mass is 221 g/mol. The van der Waals surface area contributed by atoms with E-state index in [4.69, 9.17) is 4.42 Å². The molecule has 0 radical (unpaired) electrons. The average Bonchev–Trinajstić information content (AvgIpc) is 2.95. The second kappa shape index (κ2) is 5.41. The van der Waals surface area contributed by atoms with E-state index in [1.807, 2.05) is 19.2 Å². The first-order valence-corrected chi connectivity index (χ1v) is 5.32. The Morgan fingerprint density at radius 1 is 1.44 bits per heavy atom. The molecule has 0 unspecified atom stereocenters. The van der Waals surface area contributed by atoms with Crippen LogP contribution in [-0.4, -0.2) is 33.8 Å². The van der Waals surface area contributed by atoms with Gasteiger partial charge in [-0.15, -0.1) is 10.2 Å². The Hall–Kier alpha value is -1.69. The van der Waals surface area contributed by atoms with Gasteiger partial charge in [0.05, 0.1) is 12.8 Å². The minimum absolute atomic E-state index is 0.740. The molecule has 2 rings (SSSR count). The maximum atomic E-state index is 5.23. The molecule has 0 aromatic carbocycles. The van der Waals surface area contributed by atoms with Crippen LogP contribution in [0.15, 0.2) is 22.8 Å². The van der Waals surface area contributed by atoms with E-state index in [0.29, 0.717) is 0 Å². The number of hydrogen-bond donors (Lipinski definition) is 1. The highest BCUT2D eigenvalue weighted by atomic mass is 16.3. The molecule has 86 valence electrons. The van der Waals surface area contributed by atoms with Gasteiger partial charge in [-0.1, -0.05) is 0 Å². The Balaban J connectivity index is 1.83. The normalized spacial score (nSPS) is 10.8. The van der Waals surface area contributed by atoms with E-state index in [2.05, 4.69) is 20.7 Å². The van der Waals surface area contributed by atoms with E-state index in [1.54, 1.807) is 11.1 Å². The molecule has 0 amide bonds. The fourth-order valence-electron chi connectivity index (χ4n) is 1.37. The van der Waals surface area contributed by atoms with Crippen molar-refractivity contribution in [1.29, 1.82) is 0 Å². The lowest BCUT2D eigenvalue weighted by atomic mass is 10.2. The summed E-state index contributed by atoms with van der Waals surface area (Å²) in [4.78, 5) is 1.61. The Morgan fingerprint density at radius 3 is 3.12 bits per heavy atom. The molecule has 0 fully saturated rings. The van der Waals surface area contributed by atoms with Crippen molar-refractivity contribution in [2.24, 2.45) is 0 Å². The topological polar surface area (TPSA) is 68.8 Å². The summed E-state index contributed by atoms with van der Waals surface area (Å²) in [5.74, 6) is 1.71. The number of aryl methyl sites for hydroxylation is 2. The van der Waals surface area contributed by atoms with E-state index in [9.17, 15) is 0 Å². The average molecular weight is 221 g/mol. The van der Waals surface area contributed by atoms with Crippen molar-refractivity contribution in [2.45, 2.75) is 19.4 Å². The van der Waals surface area contributed by atoms with E-state index < -0.39 is 0 Å². The van der Waals surface area contributed by atoms with Gasteiger partial charge in [-0.05, 0) is 24.4 Å². The summed E-state index contributed by atoms with van der Waals surface area (Å²) < 4.78 is 5.23. The molecule has 0 atom stereocenters. The highest BCUT2D eigenvalue weighted by Crippen LogP contribution is 2.03. The van der Waals surface area contributed by atoms with Gasteiger partial charge < -0.3 is 9.73 Å². The predicted molar refractivity (Wildman–Crippen MR) is 57.9 cm³/mol. The number of nitrogens with one attached hydrogen (secondary N) is 1. The second-order valence-corrected chi connectivity index (χ2v) is 3.48. The minimum atomic E-state index is 0.740. The standard InChI is InChI=1S/C10H15N5O/c1-11-6-7-15-13-10(12-14-15)5-4-9-3-2-8-16-9/h2-3,8,11H,4-7H2,1H3. The summed E-state index contributed by atoms with van der Waals surface area (Å²) in [5.41, 5.74) is 0. The number of furan rings is 1. The lowest BCUT2D eigenvalue weighted by molar-refractivity contribution is 0.499. The molecule has 0 spiro atoms. The molecule has 0 saturated heterocycles. The first kappa shape index (κ1) is 10.8. The molecule has 0 aliphatic heterocycles. The molecule has 0 aliphatic carbocycles. The van der Waals surface area contributed by atoms with Crippen LogP contribution in [0.4, 0.5) is 0 Å². The predicted octanol–water partition coefficient (Wildman–Crippen LogP) is 0.271. The van der Waals surface area contributed by atoms with E-state index in [1.165, 1.54) is 0 Å². The first-order valence-electron chi connectivity index (χ1n) is 5.32. The smallest absolute Gasteiger partial charge is 0.175 e. The van der Waals surface area contributed by atoms with Gasteiger partial charge in [0.25, 0.3) is 0 Å². The van der Waals surface area contributed by atoms with Crippen LogP contribution in [0.3, 0.4) is 0 Å². The van der Waals surface area contributed by atoms with E-state index >= 15 is 0 Å². The number of rotatable bonds is 6. The van der Waals surface area contributed by atoms with Crippen molar-refractivity contribution in [3.05, 3.63) is 30.0 Å². The first-order chi connectivity index (χ1) is 7.88. The molecule has 6 heteroatoms. The molecule has 2 aromatic rings. The molecular formula is C10H15N5O. The molecule has 16 heavy (non-hydrogen) atoms. The molecular weight excluding hydrogens is 206 g/mol. The number of tetrazole rings is 1. The zero-order valence-electron chi connectivity index (χ0n) is 9.26. The molecule has 0 saturated carbocycles. The van der Waals surface area contributed by atoms with Crippen LogP contribution in [0, 0.1) is 0 Å². The summed E-state index contributed by atoms with van der Waals surface area (Å²) in [7, 11) is 1.90. The van der Waals surface area contributed by atoms with Crippen LogP contribution < -0.4 is 5.32 Å². The Kier molecular flexibility index (Phi) is 3.66. The van der Waals surface area contributed by atoms with Crippen molar-refractivity contribution >= 4 is 0 Å². The molecule has 1 N–H and O–H groups in total. The third kappa shape index (κ3) is 2.90. The summed E-state index contributed by atoms with van der Waals surface area (Å²) in [6.07, 6.45) is 3.24. The van der Waals surface area contributed by atoms with Gasteiger partial charge in [0, 0.05) is 19.4 Å². The van der Waals surface area contributed by atoms with E-state index in [0.717, 1.165) is 37.5 Å². The molecule has 6 nitrogen and oxygen atoms in total. The van der Waals surface area contributed by atoms with Crippen molar-refractivity contribution in [1.82, 2.24) is 25.5 Å². The number of aromatic nitrogens is 4. The number of likely N-dealkylation sites (N-methyl/N-ethyl adjacent to an activating group) is 1. The molecule has 0 bridgehead atoms. The summed E-state index contributed by atoms with van der Waals surface area (Å²) in [6, 6.07) is 3.83. The van der Waals surface area contributed by atoms with Crippen LogP contribution in [0.5, 0.6) is 0 Å². The fourth-order valence-corrected chi connectivity index (χ4v) is 1.37. The van der Waals surface area contributed by atoms with Crippen molar-refractivity contribution in [3.63, 3.8) is 0 Å². The van der Waals surface area contributed by atoms with Crippen molar-refractivity contribution in [2.75, 3.05) is 13.6 Å². The maximum absolute atomic E-state index is 5.23. The fraction of sp³-hybridized carbons (Fsp3) is 0.500. The lowest BCUT2D eigenvalue weighted by Crippen LogP contribution is -2.16. The van der Waals surface area contributed by atoms with Gasteiger partial charge in [-0.3, -0.25) is 0 Å². The Bertz CT molecular complexity index is 409. The summed E-state index contributed by atoms with van der Waals surface area (Å²) >= 11 is 0. The zero-order chi connectivity index (χ0) is 11.2. The molecule has 2 aromatic heterocycles. The van der Waals surface area contributed by atoms with Crippen LogP contribution >= 0.6 is 0 Å². The van der Waals surface area contributed by atoms with Gasteiger partial charge in [-0.2, -0.15) is 4.80 Å². The Morgan fingerprint density at radius 2 is 2.38 bits per heavy atom. The summed E-state index contributed by atoms with van der Waals surface area (Å²) in [6.45, 7) is 1.58. The third-order valence-corrected chi connectivity index (χ3v) is 2.23. The van der Waals surface area contributed by atoms with Crippen LogP contribution in [0.1, 0.15) is 11.6 Å². The largest absolute Gasteiger partial charge is 0.469 e. The van der Waals surface area contributed by atoms with Gasteiger partial charge in [0.15, 0.2) is 5.82 Å². The van der Waals surface area contributed by atoms with E-state index in [-0.39, 0.29) is 0 Å². The van der Waals surface area contributed by atoms with Gasteiger partial charge in [0.2, 0.25) is 0 Å². The van der Waals surface area contributed by atoms with Crippen LogP contribution in [0.2, 0.25) is 0 Å². The Labute approximate surface area is 93.6 Å². The summed E-state index contributed by atoms with van der Waals surface area (Å²) in [5, 5.41) is 15.2. The van der Waals surface area contributed by atoms with Crippen LogP contribution in [0.25, 0.3) is 0 Å². The quantitative estimate of drug-likeness (QED) is 0.758. The van der Waals surface area contributed by atoms with Crippen molar-refractivity contribution < 1.29 is 4.42 Å². The number of nitrogens with zero attached hydrogens (tertiary/aromatic N) is 4. The number of hydrogen-bond acceptors (Lipinski definition) is 5. The second-order valence-electron chi connectivity index (χ2n) is 3.48. The molecule has 2 heterocycles. The van der Waals surface area contributed by atoms with Crippen LogP contribution in [-0.2, 0) is 19.4 Å². The van der Waals surface area contributed by atoms with Gasteiger partial charge >= 0.3 is 0 Å². The highest BCUT2D eigenvalue weighted by Gasteiger charge is 2.04. The lowest BCUT2D eigenvalue weighted by Gasteiger charge is -1.95. The molecule has 0 aliphatic rings. The highest BCUT2D eigenvalue weighted by molar-refractivity contribution is 4.99. The maximum Gasteiger partial charge on any atom is 0.175 e. The van der Waals surface area contributed by atoms with Gasteiger partial charge in [-0.25, -0.2) is 0 Å². The third-order valence-electron chi connectivity index (χ3n) is 2.23. The minimum Gasteiger partial charge on any atom is -0.469 e. The van der Waals surface area contributed by atoms with Gasteiger partial charge in [0.1, 0.15) is 5.76 Å².